The molecule has 0 fully saturated rings. The van der Waals surface area contributed by atoms with Crippen LogP contribution < -0.4 is 0 Å². The lowest BCUT2D eigenvalue weighted by Gasteiger charge is -1.98. The minimum Gasteiger partial charge on any atom is -0.133 e. The smallest absolute Gasteiger partial charge is 0.0798 e. The molecule has 0 radical (unpaired) electrons. The third kappa shape index (κ3) is 5.68. The van der Waals surface area contributed by atoms with Crippen LogP contribution in [0, 0.1) is 2.88 Å². The number of hydrogen-bond acceptors (Lipinski definition) is 1. The molecule has 0 aliphatic rings. The summed E-state index contributed by atoms with van der Waals surface area (Å²) in [6.45, 7) is 2.27. The van der Waals surface area contributed by atoms with E-state index in [1.807, 2.05) is 11.3 Å². The van der Waals surface area contributed by atoms with Gasteiger partial charge in [-0.2, -0.15) is 0 Å². The average Bonchev–Trinajstić information content (AvgIpc) is 2.52. The normalized spacial score (nSPS) is 10.9. The van der Waals surface area contributed by atoms with E-state index in [0.29, 0.717) is 0 Å². The van der Waals surface area contributed by atoms with Crippen LogP contribution in [0.15, 0.2) is 10.5 Å². The van der Waals surface area contributed by atoms with Gasteiger partial charge in [-0.15, -0.1) is 11.3 Å². The SMILES string of the molecule is CCCCCCCCc1cc(Br)c(I)s1. The Bertz CT molecular complexity index is 264. The maximum absolute atomic E-state index is 3.56. The molecule has 1 aromatic heterocycles. The van der Waals surface area contributed by atoms with Crippen molar-refractivity contribution in [2.24, 2.45) is 0 Å². The van der Waals surface area contributed by atoms with E-state index in [0.717, 1.165) is 0 Å². The van der Waals surface area contributed by atoms with E-state index in [9.17, 15) is 0 Å². The zero-order chi connectivity index (χ0) is 11.1. The van der Waals surface area contributed by atoms with E-state index < -0.39 is 0 Å². The molecule has 3 heteroatoms. The average molecular weight is 401 g/mol. The molecule has 0 nitrogen and oxygen atoms in total. The second-order valence-corrected chi connectivity index (χ2v) is 7.65. The minimum atomic E-state index is 1.26. The summed E-state index contributed by atoms with van der Waals surface area (Å²) in [6, 6.07) is 2.28. The summed E-state index contributed by atoms with van der Waals surface area (Å²) in [4.78, 5) is 1.53. The van der Waals surface area contributed by atoms with E-state index in [1.54, 1.807) is 0 Å². The molecule has 0 amide bonds. The molecule has 1 rings (SSSR count). The standard InChI is InChI=1S/C12H18BrIS/c1-2-3-4-5-6-7-8-10-9-11(13)12(14)15-10/h9H,2-8H2,1H3. The van der Waals surface area contributed by atoms with Crippen LogP contribution in [0.5, 0.6) is 0 Å². The fourth-order valence-corrected chi connectivity index (χ4v) is 4.08. The van der Waals surface area contributed by atoms with Crippen LogP contribution in [-0.2, 0) is 6.42 Å². The number of aryl methyl sites for hydroxylation is 1. The van der Waals surface area contributed by atoms with Gasteiger partial charge in [-0.3, -0.25) is 0 Å². The summed E-state index contributed by atoms with van der Waals surface area (Å²) in [5, 5.41) is 0. The van der Waals surface area contributed by atoms with Crippen molar-refractivity contribution >= 4 is 49.9 Å². The van der Waals surface area contributed by atoms with Crippen molar-refractivity contribution in [3.63, 3.8) is 0 Å². The first-order valence-corrected chi connectivity index (χ1v) is 8.36. The van der Waals surface area contributed by atoms with Crippen molar-refractivity contribution in [1.82, 2.24) is 0 Å². The molecule has 0 bridgehead atoms. The second kappa shape index (κ2) is 8.07. The first-order valence-electron chi connectivity index (χ1n) is 5.67. The van der Waals surface area contributed by atoms with Crippen molar-refractivity contribution in [1.29, 1.82) is 0 Å². The molecule has 0 spiro atoms. The summed E-state index contributed by atoms with van der Waals surface area (Å²) in [6.07, 6.45) is 9.59. The van der Waals surface area contributed by atoms with Crippen molar-refractivity contribution in [2.75, 3.05) is 0 Å². The summed E-state index contributed by atoms with van der Waals surface area (Å²) in [7, 11) is 0. The van der Waals surface area contributed by atoms with Crippen LogP contribution in [0.1, 0.15) is 50.3 Å². The lowest BCUT2D eigenvalue weighted by Crippen LogP contribution is -1.82. The Kier molecular flexibility index (Phi) is 7.52. The zero-order valence-electron chi connectivity index (χ0n) is 9.19. The molecular formula is C12H18BrIS. The van der Waals surface area contributed by atoms with Gasteiger partial charge in [0.2, 0.25) is 0 Å². The van der Waals surface area contributed by atoms with Crippen LogP contribution >= 0.6 is 49.9 Å². The lowest BCUT2D eigenvalue weighted by atomic mass is 10.1. The summed E-state index contributed by atoms with van der Waals surface area (Å²) < 4.78 is 2.66. The highest BCUT2D eigenvalue weighted by Crippen LogP contribution is 2.29. The number of halogens is 2. The largest absolute Gasteiger partial charge is 0.133 e. The third-order valence-corrected chi connectivity index (χ3v) is 6.33. The molecule has 86 valence electrons. The minimum absolute atomic E-state index is 1.26. The summed E-state index contributed by atoms with van der Waals surface area (Å²) >= 11 is 7.88. The van der Waals surface area contributed by atoms with Crippen LogP contribution in [0.4, 0.5) is 0 Å². The van der Waals surface area contributed by atoms with Gasteiger partial charge in [0.1, 0.15) is 0 Å². The Balaban J connectivity index is 2.10. The van der Waals surface area contributed by atoms with Crippen molar-refractivity contribution < 1.29 is 0 Å². The van der Waals surface area contributed by atoms with E-state index >= 15 is 0 Å². The molecule has 0 saturated carbocycles. The van der Waals surface area contributed by atoms with Gasteiger partial charge in [-0.05, 0) is 57.4 Å². The molecular weight excluding hydrogens is 383 g/mol. The van der Waals surface area contributed by atoms with Gasteiger partial charge in [0.25, 0.3) is 0 Å². The van der Waals surface area contributed by atoms with Gasteiger partial charge < -0.3 is 0 Å². The maximum atomic E-state index is 3.56. The first-order chi connectivity index (χ1) is 7.24. The van der Waals surface area contributed by atoms with Gasteiger partial charge in [0.05, 0.1) is 2.88 Å². The third-order valence-electron chi connectivity index (χ3n) is 2.47. The van der Waals surface area contributed by atoms with Crippen LogP contribution in [0.3, 0.4) is 0 Å². The van der Waals surface area contributed by atoms with Gasteiger partial charge >= 0.3 is 0 Å². The van der Waals surface area contributed by atoms with E-state index in [1.165, 1.54) is 57.2 Å². The van der Waals surface area contributed by atoms with Crippen LogP contribution in [0.2, 0.25) is 0 Å². The highest BCUT2D eigenvalue weighted by atomic mass is 127. The highest BCUT2D eigenvalue weighted by molar-refractivity contribution is 14.1. The van der Waals surface area contributed by atoms with Crippen LogP contribution in [-0.4, -0.2) is 0 Å². The Morgan fingerprint density at radius 2 is 1.87 bits per heavy atom. The summed E-state index contributed by atoms with van der Waals surface area (Å²) in [5.41, 5.74) is 0. The molecule has 1 aromatic rings. The highest BCUT2D eigenvalue weighted by Gasteiger charge is 2.03. The van der Waals surface area contributed by atoms with Gasteiger partial charge in [-0.25, -0.2) is 0 Å². The van der Waals surface area contributed by atoms with E-state index in [2.05, 4.69) is 51.5 Å². The molecule has 0 saturated heterocycles. The predicted molar refractivity (Wildman–Crippen MR) is 81.8 cm³/mol. The molecule has 0 aliphatic heterocycles. The number of hydrogen-bond donors (Lipinski definition) is 0. The molecule has 0 aliphatic carbocycles. The monoisotopic (exact) mass is 400 g/mol. The van der Waals surface area contributed by atoms with Crippen LogP contribution in [0.25, 0.3) is 0 Å². The molecule has 0 atom stereocenters. The molecule has 0 aromatic carbocycles. The molecule has 0 N–H and O–H groups in total. The van der Waals surface area contributed by atoms with Gasteiger partial charge in [-0.1, -0.05) is 39.0 Å². The fourth-order valence-electron chi connectivity index (χ4n) is 1.59. The number of thiophene rings is 1. The first kappa shape index (κ1) is 14.0. The van der Waals surface area contributed by atoms with E-state index in [4.69, 9.17) is 0 Å². The number of rotatable bonds is 7. The lowest BCUT2D eigenvalue weighted by molar-refractivity contribution is 0.609. The predicted octanol–water partition coefficient (Wildman–Crippen LogP) is 6.02. The second-order valence-electron chi connectivity index (χ2n) is 3.85. The molecule has 15 heavy (non-hydrogen) atoms. The topological polar surface area (TPSA) is 0 Å². The fraction of sp³-hybridized carbons (Fsp3) is 0.667. The van der Waals surface area contributed by atoms with Gasteiger partial charge in [0, 0.05) is 9.35 Å². The number of unbranched alkanes of at least 4 members (excludes halogenated alkanes) is 5. The molecule has 1 heterocycles. The van der Waals surface area contributed by atoms with Gasteiger partial charge in [0.15, 0.2) is 0 Å². The summed E-state index contributed by atoms with van der Waals surface area (Å²) in [5.74, 6) is 0. The Morgan fingerprint density at radius 3 is 2.47 bits per heavy atom. The zero-order valence-corrected chi connectivity index (χ0v) is 13.8. The Hall–Kier alpha value is 0.910. The maximum Gasteiger partial charge on any atom is 0.0798 e. The van der Waals surface area contributed by atoms with Crippen molar-refractivity contribution in [3.05, 3.63) is 18.3 Å². The van der Waals surface area contributed by atoms with E-state index in [-0.39, 0.29) is 0 Å². The van der Waals surface area contributed by atoms with Crippen molar-refractivity contribution in [2.45, 2.75) is 51.9 Å². The van der Waals surface area contributed by atoms with Crippen molar-refractivity contribution in [3.8, 4) is 0 Å². The Labute approximate surface area is 119 Å². The molecule has 0 unspecified atom stereocenters. The Morgan fingerprint density at radius 1 is 1.20 bits per heavy atom. The quantitative estimate of drug-likeness (QED) is 0.387.